The van der Waals surface area contributed by atoms with Gasteiger partial charge in [0.1, 0.15) is 6.10 Å². The molecule has 5 heteroatoms. The highest BCUT2D eigenvalue weighted by Crippen LogP contribution is 2.18. The number of aliphatic hydroxyl groups excluding tert-OH is 3. The molecular weight excluding hydrogens is 775 g/mol. The van der Waals surface area contributed by atoms with Crippen LogP contribution in [-0.4, -0.2) is 46.1 Å². The molecule has 0 saturated heterocycles. The minimum absolute atomic E-state index is 0.309. The van der Waals surface area contributed by atoms with Crippen LogP contribution in [0.1, 0.15) is 328 Å². The first-order valence-electron chi connectivity index (χ1n) is 29.0. The molecule has 0 bridgehead atoms. The van der Waals surface area contributed by atoms with E-state index in [0.29, 0.717) is 12.8 Å². The van der Waals surface area contributed by atoms with Gasteiger partial charge in [0, 0.05) is 0 Å². The zero-order valence-corrected chi connectivity index (χ0v) is 43.0. The number of aliphatic hydroxyl groups is 3. The van der Waals surface area contributed by atoms with Gasteiger partial charge in [-0.2, -0.15) is 0 Å². The van der Waals surface area contributed by atoms with Crippen molar-refractivity contribution in [1.82, 2.24) is 5.32 Å². The van der Waals surface area contributed by atoms with E-state index < -0.39 is 24.2 Å². The van der Waals surface area contributed by atoms with Crippen LogP contribution in [0.4, 0.5) is 0 Å². The molecule has 63 heavy (non-hydrogen) atoms. The van der Waals surface area contributed by atoms with Crippen molar-refractivity contribution in [2.45, 2.75) is 347 Å². The van der Waals surface area contributed by atoms with Crippen LogP contribution in [0.5, 0.6) is 0 Å². The molecule has 0 aromatic rings. The SMILES string of the molecule is CCCCCCCCCCCCCCCCCC/C=C\CCCCCCCCCCCCCCCCCCC(O)C(=O)NC(CO)C(O)CCCCCCCCCCCCCCC. The summed E-state index contributed by atoms with van der Waals surface area (Å²) in [4.78, 5) is 12.5. The number of carbonyl (C=O) groups is 1. The number of unbranched alkanes of at least 4 members (excludes halogenated alkanes) is 44. The van der Waals surface area contributed by atoms with Gasteiger partial charge in [0.2, 0.25) is 5.91 Å². The fraction of sp³-hybridized carbons (Fsp3) is 0.948. The predicted molar refractivity (Wildman–Crippen MR) is 278 cm³/mol. The average molecular weight is 891 g/mol. The highest BCUT2D eigenvalue weighted by Gasteiger charge is 2.23. The van der Waals surface area contributed by atoms with Crippen LogP contribution in [-0.2, 0) is 4.79 Å². The van der Waals surface area contributed by atoms with Crippen molar-refractivity contribution >= 4 is 5.91 Å². The lowest BCUT2D eigenvalue weighted by Gasteiger charge is -2.23. The van der Waals surface area contributed by atoms with E-state index in [9.17, 15) is 20.1 Å². The van der Waals surface area contributed by atoms with Crippen molar-refractivity contribution in [2.24, 2.45) is 0 Å². The third-order valence-electron chi connectivity index (χ3n) is 13.9. The molecule has 5 nitrogen and oxygen atoms in total. The molecule has 3 unspecified atom stereocenters. The van der Waals surface area contributed by atoms with E-state index >= 15 is 0 Å². The Kier molecular flexibility index (Phi) is 52.9. The zero-order valence-electron chi connectivity index (χ0n) is 43.0. The van der Waals surface area contributed by atoms with E-state index in [1.807, 2.05) is 0 Å². The van der Waals surface area contributed by atoms with Crippen molar-refractivity contribution in [3.8, 4) is 0 Å². The first-order chi connectivity index (χ1) is 31.1. The van der Waals surface area contributed by atoms with Crippen molar-refractivity contribution in [2.75, 3.05) is 6.61 Å². The average Bonchev–Trinajstić information content (AvgIpc) is 3.29. The zero-order chi connectivity index (χ0) is 45.8. The third-order valence-corrected chi connectivity index (χ3v) is 13.9. The molecule has 0 spiro atoms. The largest absolute Gasteiger partial charge is 0.394 e. The van der Waals surface area contributed by atoms with Crippen molar-refractivity contribution in [3.63, 3.8) is 0 Å². The first kappa shape index (κ1) is 62.1. The summed E-state index contributed by atoms with van der Waals surface area (Å²) >= 11 is 0. The van der Waals surface area contributed by atoms with Crippen LogP contribution in [0.2, 0.25) is 0 Å². The summed E-state index contributed by atoms with van der Waals surface area (Å²) in [5.74, 6) is -0.465. The Morgan fingerprint density at radius 3 is 0.873 bits per heavy atom. The van der Waals surface area contributed by atoms with E-state index in [4.69, 9.17) is 0 Å². The van der Waals surface area contributed by atoms with Gasteiger partial charge < -0.3 is 20.6 Å². The van der Waals surface area contributed by atoms with Crippen molar-refractivity contribution < 1.29 is 20.1 Å². The molecule has 4 N–H and O–H groups in total. The molecule has 0 rings (SSSR count). The van der Waals surface area contributed by atoms with E-state index in [-0.39, 0.29) is 6.61 Å². The standard InChI is InChI=1S/C58H115NO4/c1-3-5-7-9-11-13-15-17-18-19-20-21-22-23-24-25-26-27-28-29-30-31-32-33-34-35-36-37-38-39-41-43-45-47-49-51-53-57(62)58(63)59-55(54-60)56(61)52-50-48-46-44-42-40-16-14-12-10-8-6-4-2/h27-28,55-57,60-62H,3-26,29-54H2,1-2H3,(H,59,63)/b28-27-. The Morgan fingerprint density at radius 1 is 0.365 bits per heavy atom. The van der Waals surface area contributed by atoms with Gasteiger partial charge in [-0.05, 0) is 38.5 Å². The van der Waals surface area contributed by atoms with E-state index in [1.54, 1.807) is 0 Å². The molecule has 1 amide bonds. The molecule has 0 fully saturated rings. The molecule has 0 heterocycles. The predicted octanol–water partition coefficient (Wildman–Crippen LogP) is 17.9. The molecular formula is C58H115NO4. The molecule has 0 aliphatic rings. The van der Waals surface area contributed by atoms with Gasteiger partial charge >= 0.3 is 0 Å². The maximum atomic E-state index is 12.5. The summed E-state index contributed by atoms with van der Waals surface area (Å²) in [6.07, 6.45) is 67.1. The molecule has 0 aliphatic heterocycles. The smallest absolute Gasteiger partial charge is 0.249 e. The topological polar surface area (TPSA) is 89.8 Å². The van der Waals surface area contributed by atoms with Crippen LogP contribution < -0.4 is 5.32 Å². The Morgan fingerprint density at radius 2 is 0.603 bits per heavy atom. The Labute approximate surface area is 395 Å². The summed E-state index contributed by atoms with van der Waals surface area (Å²) in [5.41, 5.74) is 0. The van der Waals surface area contributed by atoms with Gasteiger partial charge in [-0.3, -0.25) is 4.79 Å². The van der Waals surface area contributed by atoms with Gasteiger partial charge in [0.05, 0.1) is 18.8 Å². The molecule has 3 atom stereocenters. The van der Waals surface area contributed by atoms with E-state index in [0.717, 1.165) is 32.1 Å². The quantitative estimate of drug-likeness (QED) is 0.0362. The van der Waals surface area contributed by atoms with Gasteiger partial charge in [0.25, 0.3) is 0 Å². The highest BCUT2D eigenvalue weighted by atomic mass is 16.3. The van der Waals surface area contributed by atoms with E-state index in [1.165, 1.54) is 270 Å². The number of hydrogen-bond donors (Lipinski definition) is 4. The molecule has 0 aromatic carbocycles. The van der Waals surface area contributed by atoms with Crippen LogP contribution >= 0.6 is 0 Å². The second-order valence-corrected chi connectivity index (χ2v) is 20.2. The fourth-order valence-corrected chi connectivity index (χ4v) is 9.37. The summed E-state index contributed by atoms with van der Waals surface area (Å²) in [6, 6.07) is -0.708. The van der Waals surface area contributed by atoms with Crippen LogP contribution in [0, 0.1) is 0 Å². The number of nitrogens with one attached hydrogen (secondary N) is 1. The second kappa shape index (κ2) is 53.7. The lowest BCUT2D eigenvalue weighted by atomic mass is 10.0. The Bertz CT molecular complexity index is 894. The number of rotatable bonds is 54. The molecule has 0 saturated carbocycles. The minimum atomic E-state index is -1.07. The number of amides is 1. The summed E-state index contributed by atoms with van der Waals surface area (Å²) in [5, 5.41) is 33.4. The third kappa shape index (κ3) is 48.8. The van der Waals surface area contributed by atoms with Gasteiger partial charge in [-0.15, -0.1) is 0 Å². The number of carbonyl (C=O) groups excluding carboxylic acids is 1. The van der Waals surface area contributed by atoms with Crippen molar-refractivity contribution in [1.29, 1.82) is 0 Å². The number of allylic oxidation sites excluding steroid dienone is 2. The molecule has 0 aliphatic carbocycles. The summed E-state index contributed by atoms with van der Waals surface area (Å²) in [6.45, 7) is 4.26. The van der Waals surface area contributed by atoms with E-state index in [2.05, 4.69) is 31.3 Å². The Balaban J connectivity index is 3.43. The summed E-state index contributed by atoms with van der Waals surface area (Å²) < 4.78 is 0. The van der Waals surface area contributed by atoms with Gasteiger partial charge in [-0.1, -0.05) is 302 Å². The molecule has 0 aromatic heterocycles. The lowest BCUT2D eigenvalue weighted by molar-refractivity contribution is -0.131. The normalized spacial score (nSPS) is 13.3. The number of hydrogen-bond acceptors (Lipinski definition) is 4. The monoisotopic (exact) mass is 890 g/mol. The van der Waals surface area contributed by atoms with Gasteiger partial charge in [-0.25, -0.2) is 0 Å². The minimum Gasteiger partial charge on any atom is -0.394 e. The maximum Gasteiger partial charge on any atom is 0.249 e. The lowest BCUT2D eigenvalue weighted by Crippen LogP contribution is -2.49. The Hall–Kier alpha value is -0.910. The summed E-state index contributed by atoms with van der Waals surface area (Å²) in [7, 11) is 0. The first-order valence-corrected chi connectivity index (χ1v) is 29.0. The molecule has 0 radical (unpaired) electrons. The fourth-order valence-electron chi connectivity index (χ4n) is 9.37. The second-order valence-electron chi connectivity index (χ2n) is 20.2. The highest BCUT2D eigenvalue weighted by molar-refractivity contribution is 5.80. The maximum absolute atomic E-state index is 12.5. The van der Waals surface area contributed by atoms with Crippen LogP contribution in [0.25, 0.3) is 0 Å². The molecule has 376 valence electrons. The van der Waals surface area contributed by atoms with Crippen molar-refractivity contribution in [3.05, 3.63) is 12.2 Å². The van der Waals surface area contributed by atoms with Gasteiger partial charge in [0.15, 0.2) is 0 Å². The van der Waals surface area contributed by atoms with Crippen LogP contribution in [0.3, 0.4) is 0 Å². The van der Waals surface area contributed by atoms with Crippen LogP contribution in [0.15, 0.2) is 12.2 Å².